The first-order valence-corrected chi connectivity index (χ1v) is 8.21. The molecule has 1 unspecified atom stereocenters. The molecule has 3 heterocycles. The Kier molecular flexibility index (Phi) is 3.63. The van der Waals surface area contributed by atoms with Crippen LogP contribution < -0.4 is 5.56 Å². The number of aromatic nitrogens is 3. The average molecular weight is 331 g/mol. The van der Waals surface area contributed by atoms with Crippen molar-refractivity contribution in [2.24, 2.45) is 0 Å². The summed E-state index contributed by atoms with van der Waals surface area (Å²) >= 11 is 0. The third-order valence-corrected chi connectivity index (χ3v) is 4.42. The number of rotatable bonds is 0. The Morgan fingerprint density at radius 1 is 1.24 bits per heavy atom. The van der Waals surface area contributed by atoms with Gasteiger partial charge in [0.05, 0.1) is 23.0 Å². The standard InChI is InChI=1S/C20H17N3O2/c1-20(25)10-9-18-22-17-12-14(5-7-15-4-2-3-11-21-15)6-8-16(17)19(24)23(18)13-20/h2-4,6,8,11-12,25H,9-10,13H2,1H3. The highest BCUT2D eigenvalue weighted by atomic mass is 16.3. The van der Waals surface area contributed by atoms with E-state index in [-0.39, 0.29) is 12.1 Å². The van der Waals surface area contributed by atoms with E-state index < -0.39 is 5.60 Å². The maximum atomic E-state index is 12.7. The minimum Gasteiger partial charge on any atom is -0.388 e. The van der Waals surface area contributed by atoms with Crippen molar-refractivity contribution in [3.8, 4) is 11.8 Å². The van der Waals surface area contributed by atoms with E-state index in [9.17, 15) is 9.90 Å². The van der Waals surface area contributed by atoms with Crippen molar-refractivity contribution in [1.29, 1.82) is 0 Å². The van der Waals surface area contributed by atoms with Gasteiger partial charge in [0.2, 0.25) is 0 Å². The molecule has 1 N–H and O–H groups in total. The summed E-state index contributed by atoms with van der Waals surface area (Å²) in [5.74, 6) is 6.79. The number of pyridine rings is 1. The third-order valence-electron chi connectivity index (χ3n) is 4.42. The molecule has 3 aromatic rings. The molecule has 1 atom stereocenters. The first-order valence-electron chi connectivity index (χ1n) is 8.21. The van der Waals surface area contributed by atoms with Crippen LogP contribution in [-0.4, -0.2) is 25.2 Å². The molecule has 0 saturated heterocycles. The van der Waals surface area contributed by atoms with Crippen LogP contribution in [0.5, 0.6) is 0 Å². The highest BCUT2D eigenvalue weighted by molar-refractivity contribution is 5.79. The van der Waals surface area contributed by atoms with Gasteiger partial charge in [-0.15, -0.1) is 0 Å². The molecule has 0 saturated carbocycles. The van der Waals surface area contributed by atoms with Crippen LogP contribution in [0.3, 0.4) is 0 Å². The number of benzene rings is 1. The second-order valence-electron chi connectivity index (χ2n) is 6.61. The Labute approximate surface area is 145 Å². The maximum Gasteiger partial charge on any atom is 0.261 e. The van der Waals surface area contributed by atoms with Crippen molar-refractivity contribution in [2.45, 2.75) is 31.9 Å². The summed E-state index contributed by atoms with van der Waals surface area (Å²) in [7, 11) is 0. The molecule has 5 heteroatoms. The van der Waals surface area contributed by atoms with Crippen LogP contribution in [0.2, 0.25) is 0 Å². The van der Waals surface area contributed by atoms with Crippen molar-refractivity contribution < 1.29 is 5.11 Å². The number of nitrogens with zero attached hydrogens (tertiary/aromatic N) is 3. The molecule has 0 amide bonds. The van der Waals surface area contributed by atoms with E-state index in [1.165, 1.54) is 0 Å². The lowest BCUT2D eigenvalue weighted by Crippen LogP contribution is -2.42. The topological polar surface area (TPSA) is 68.0 Å². The van der Waals surface area contributed by atoms with Crippen LogP contribution in [0.15, 0.2) is 47.4 Å². The van der Waals surface area contributed by atoms with Crippen LogP contribution in [0.1, 0.15) is 30.4 Å². The molecule has 0 aliphatic carbocycles. The molecule has 124 valence electrons. The van der Waals surface area contributed by atoms with Crippen molar-refractivity contribution >= 4 is 10.9 Å². The molecule has 2 aromatic heterocycles. The van der Waals surface area contributed by atoms with Gasteiger partial charge in [-0.1, -0.05) is 12.0 Å². The zero-order valence-electron chi connectivity index (χ0n) is 13.9. The van der Waals surface area contributed by atoms with Gasteiger partial charge in [0.1, 0.15) is 11.5 Å². The Bertz CT molecular complexity index is 1070. The van der Waals surface area contributed by atoms with Gasteiger partial charge < -0.3 is 5.11 Å². The smallest absolute Gasteiger partial charge is 0.261 e. The van der Waals surface area contributed by atoms with Gasteiger partial charge in [0.25, 0.3) is 5.56 Å². The van der Waals surface area contributed by atoms with Crippen LogP contribution in [0.25, 0.3) is 10.9 Å². The molecule has 1 aromatic carbocycles. The molecule has 5 nitrogen and oxygen atoms in total. The molecule has 0 radical (unpaired) electrons. The largest absolute Gasteiger partial charge is 0.388 e. The third kappa shape index (κ3) is 3.04. The fourth-order valence-electron chi connectivity index (χ4n) is 3.07. The average Bonchev–Trinajstić information content (AvgIpc) is 2.61. The molecule has 0 spiro atoms. The lowest BCUT2D eigenvalue weighted by Gasteiger charge is -2.30. The van der Waals surface area contributed by atoms with Crippen molar-refractivity contribution in [3.63, 3.8) is 0 Å². The highest BCUT2D eigenvalue weighted by Crippen LogP contribution is 2.22. The summed E-state index contributed by atoms with van der Waals surface area (Å²) in [5.41, 5.74) is 1.16. The van der Waals surface area contributed by atoms with Crippen molar-refractivity contribution in [1.82, 2.24) is 14.5 Å². The second kappa shape index (κ2) is 5.83. The van der Waals surface area contributed by atoms with Gasteiger partial charge in [0, 0.05) is 18.2 Å². The highest BCUT2D eigenvalue weighted by Gasteiger charge is 2.29. The van der Waals surface area contributed by atoms with Gasteiger partial charge in [-0.2, -0.15) is 0 Å². The lowest BCUT2D eigenvalue weighted by atomic mass is 9.96. The van der Waals surface area contributed by atoms with Gasteiger partial charge in [0.15, 0.2) is 0 Å². The van der Waals surface area contributed by atoms with E-state index in [2.05, 4.69) is 21.8 Å². The summed E-state index contributed by atoms with van der Waals surface area (Å²) < 4.78 is 1.59. The molecule has 1 aliphatic heterocycles. The van der Waals surface area contributed by atoms with Crippen LogP contribution in [0, 0.1) is 11.8 Å². The number of hydrogen-bond acceptors (Lipinski definition) is 4. The minimum absolute atomic E-state index is 0.107. The predicted molar refractivity (Wildman–Crippen MR) is 95.2 cm³/mol. The number of aryl methyl sites for hydroxylation is 1. The molecule has 4 rings (SSSR count). The summed E-state index contributed by atoms with van der Waals surface area (Å²) in [6, 6.07) is 11.0. The molecular weight excluding hydrogens is 314 g/mol. The van der Waals surface area contributed by atoms with Crippen LogP contribution >= 0.6 is 0 Å². The predicted octanol–water partition coefficient (Wildman–Crippen LogP) is 1.89. The summed E-state index contributed by atoms with van der Waals surface area (Å²) in [4.78, 5) is 21.5. The number of hydrogen-bond donors (Lipinski definition) is 1. The van der Waals surface area contributed by atoms with E-state index in [0.29, 0.717) is 29.4 Å². The van der Waals surface area contributed by atoms with Gasteiger partial charge >= 0.3 is 0 Å². The molecular formula is C20H17N3O2. The second-order valence-corrected chi connectivity index (χ2v) is 6.61. The first-order chi connectivity index (χ1) is 12.0. The van der Waals surface area contributed by atoms with E-state index >= 15 is 0 Å². The Hall–Kier alpha value is -2.97. The minimum atomic E-state index is -0.861. The van der Waals surface area contributed by atoms with Gasteiger partial charge in [-0.3, -0.25) is 9.36 Å². The molecule has 0 bridgehead atoms. The van der Waals surface area contributed by atoms with Gasteiger partial charge in [-0.05, 0) is 49.6 Å². The SMILES string of the molecule is CC1(O)CCc2nc3cc(C#Cc4ccccn4)ccc3c(=O)n2C1. The quantitative estimate of drug-likeness (QED) is 0.639. The fourth-order valence-corrected chi connectivity index (χ4v) is 3.07. The fraction of sp³-hybridized carbons (Fsp3) is 0.250. The van der Waals surface area contributed by atoms with E-state index in [1.54, 1.807) is 23.8 Å². The molecule has 0 fully saturated rings. The monoisotopic (exact) mass is 331 g/mol. The Balaban J connectivity index is 1.78. The van der Waals surface area contributed by atoms with E-state index in [1.807, 2.05) is 30.3 Å². The Morgan fingerprint density at radius 3 is 2.92 bits per heavy atom. The maximum absolute atomic E-state index is 12.7. The lowest BCUT2D eigenvalue weighted by molar-refractivity contribution is 0.0199. The van der Waals surface area contributed by atoms with E-state index in [4.69, 9.17) is 0 Å². The van der Waals surface area contributed by atoms with Gasteiger partial charge in [-0.25, -0.2) is 9.97 Å². The normalized spacial score (nSPS) is 19.1. The Morgan fingerprint density at radius 2 is 2.12 bits per heavy atom. The van der Waals surface area contributed by atoms with Crippen molar-refractivity contribution in [3.05, 3.63) is 70.0 Å². The number of aliphatic hydroxyl groups is 1. The summed E-state index contributed by atoms with van der Waals surface area (Å²) in [6.45, 7) is 2.04. The zero-order valence-corrected chi connectivity index (χ0v) is 13.9. The first kappa shape index (κ1) is 15.6. The number of fused-ring (bicyclic) bond motifs is 2. The molecule has 1 aliphatic rings. The van der Waals surface area contributed by atoms with Crippen LogP contribution in [0.4, 0.5) is 0 Å². The van der Waals surface area contributed by atoms with E-state index in [0.717, 1.165) is 11.4 Å². The summed E-state index contributed by atoms with van der Waals surface area (Å²) in [5, 5.41) is 10.8. The van der Waals surface area contributed by atoms with Crippen LogP contribution in [-0.2, 0) is 13.0 Å². The molecule has 25 heavy (non-hydrogen) atoms. The van der Waals surface area contributed by atoms with Crippen molar-refractivity contribution in [2.75, 3.05) is 0 Å². The zero-order chi connectivity index (χ0) is 17.4. The summed E-state index contributed by atoms with van der Waals surface area (Å²) in [6.07, 6.45) is 2.89.